The monoisotopic (exact) mass is 519 g/mol. The average molecular weight is 520 g/mol. The fraction of sp³-hybridized carbons (Fsp3) is 0.429. The molecule has 0 aliphatic carbocycles. The highest BCUT2D eigenvalue weighted by molar-refractivity contribution is 7.16. The smallest absolute Gasteiger partial charge is 0.222 e. The molecule has 1 amide bonds. The van der Waals surface area contributed by atoms with Gasteiger partial charge in [0.15, 0.2) is 0 Å². The van der Waals surface area contributed by atoms with Crippen molar-refractivity contribution < 1.29 is 4.79 Å². The molecule has 0 unspecified atom stereocenters. The molecule has 4 heterocycles. The first-order valence-electron chi connectivity index (χ1n) is 13.1. The summed E-state index contributed by atoms with van der Waals surface area (Å²) in [7, 11) is 2.17. The molecule has 0 saturated heterocycles. The number of fused-ring (bicyclic) bond motifs is 2. The van der Waals surface area contributed by atoms with E-state index in [9.17, 15) is 4.79 Å². The summed E-state index contributed by atoms with van der Waals surface area (Å²) in [5.41, 5.74) is 6.85. The molecule has 3 aromatic heterocycles. The number of nitrogens with one attached hydrogen (secondary N) is 2. The van der Waals surface area contributed by atoms with E-state index in [0.29, 0.717) is 13.0 Å². The molecular formula is C28H37N7OS. The number of thiazole rings is 1. The standard InChI is InChI=1S/C21H20N6OS.C7H17N/c1-2-19(28)27-7-5-13(6-8-27)17-10-15-20(22-11-23-21(15)26-17)25-14-3-4-16-18(9-14)29-12-24-16;1-4-6-8(3)7-5-2/h3-5,9-12H,2,6-8H2,1H3,(H2,22,23,25,26);4-7H2,1-3H3. The van der Waals surface area contributed by atoms with Crippen LogP contribution in [0.5, 0.6) is 0 Å². The Morgan fingerprint density at radius 1 is 1.14 bits per heavy atom. The van der Waals surface area contributed by atoms with Crippen LogP contribution in [0.15, 0.2) is 42.2 Å². The number of nitrogens with zero attached hydrogens (tertiary/aromatic N) is 5. The Morgan fingerprint density at radius 3 is 2.65 bits per heavy atom. The Balaban J connectivity index is 0.000000349. The first kappa shape index (κ1) is 26.8. The van der Waals surface area contributed by atoms with E-state index in [1.165, 1.54) is 31.5 Å². The number of carbonyl (C=O) groups is 1. The molecule has 0 saturated carbocycles. The van der Waals surface area contributed by atoms with Crippen LogP contribution in [-0.4, -0.2) is 68.9 Å². The van der Waals surface area contributed by atoms with E-state index in [2.05, 4.69) is 69.3 Å². The van der Waals surface area contributed by atoms with Crippen LogP contribution in [-0.2, 0) is 4.79 Å². The second-order valence-electron chi connectivity index (χ2n) is 9.30. The van der Waals surface area contributed by atoms with Gasteiger partial charge in [-0.3, -0.25) is 4.79 Å². The van der Waals surface area contributed by atoms with E-state index >= 15 is 0 Å². The molecule has 0 radical (unpaired) electrons. The van der Waals surface area contributed by atoms with Crippen LogP contribution in [0.4, 0.5) is 11.5 Å². The van der Waals surface area contributed by atoms with Gasteiger partial charge in [-0.2, -0.15) is 0 Å². The number of rotatable bonds is 8. The lowest BCUT2D eigenvalue weighted by Crippen LogP contribution is -2.34. The van der Waals surface area contributed by atoms with Crippen LogP contribution in [0.3, 0.4) is 0 Å². The lowest BCUT2D eigenvalue weighted by Gasteiger charge is -2.25. The second kappa shape index (κ2) is 12.8. The summed E-state index contributed by atoms with van der Waals surface area (Å²) in [6, 6.07) is 8.18. The number of H-pyrrole nitrogens is 1. The molecule has 37 heavy (non-hydrogen) atoms. The van der Waals surface area contributed by atoms with Crippen LogP contribution in [0.1, 0.15) is 52.1 Å². The third-order valence-electron chi connectivity index (χ3n) is 6.44. The minimum Gasteiger partial charge on any atom is -0.340 e. The first-order valence-corrected chi connectivity index (χ1v) is 14.0. The normalized spacial score (nSPS) is 13.5. The zero-order chi connectivity index (χ0) is 26.2. The maximum absolute atomic E-state index is 11.9. The van der Waals surface area contributed by atoms with Gasteiger partial charge >= 0.3 is 0 Å². The molecule has 9 heteroatoms. The molecule has 196 valence electrons. The highest BCUT2D eigenvalue weighted by Crippen LogP contribution is 2.30. The molecule has 1 aliphatic heterocycles. The van der Waals surface area contributed by atoms with Crippen molar-refractivity contribution in [1.29, 1.82) is 0 Å². The predicted octanol–water partition coefficient (Wildman–Crippen LogP) is 6.08. The van der Waals surface area contributed by atoms with E-state index in [1.807, 2.05) is 29.5 Å². The van der Waals surface area contributed by atoms with Gasteiger partial charge in [-0.1, -0.05) is 26.8 Å². The average Bonchev–Trinajstić information content (AvgIpc) is 3.56. The Labute approximate surface area is 222 Å². The largest absolute Gasteiger partial charge is 0.340 e. The van der Waals surface area contributed by atoms with E-state index in [1.54, 1.807) is 17.7 Å². The van der Waals surface area contributed by atoms with Crippen LogP contribution in [0.2, 0.25) is 0 Å². The summed E-state index contributed by atoms with van der Waals surface area (Å²) in [4.78, 5) is 32.7. The first-order chi connectivity index (χ1) is 18.0. The number of anilines is 2. The van der Waals surface area contributed by atoms with Crippen molar-refractivity contribution in [2.45, 2.75) is 46.5 Å². The molecule has 1 aromatic carbocycles. The summed E-state index contributed by atoms with van der Waals surface area (Å²) in [6.07, 6.45) is 7.62. The zero-order valence-electron chi connectivity index (χ0n) is 22.3. The summed E-state index contributed by atoms with van der Waals surface area (Å²) >= 11 is 1.62. The van der Waals surface area contributed by atoms with E-state index < -0.39 is 0 Å². The van der Waals surface area contributed by atoms with Gasteiger partial charge in [-0.15, -0.1) is 11.3 Å². The van der Waals surface area contributed by atoms with Crippen LogP contribution < -0.4 is 5.32 Å². The molecule has 2 N–H and O–H groups in total. The van der Waals surface area contributed by atoms with Crippen molar-refractivity contribution in [3.05, 3.63) is 47.9 Å². The Bertz CT molecular complexity index is 1350. The predicted molar refractivity (Wildman–Crippen MR) is 154 cm³/mol. The third kappa shape index (κ3) is 6.72. The number of benzene rings is 1. The number of aromatic amines is 1. The van der Waals surface area contributed by atoms with Crippen molar-refractivity contribution in [3.63, 3.8) is 0 Å². The summed E-state index contributed by atoms with van der Waals surface area (Å²) in [5, 5.41) is 4.35. The highest BCUT2D eigenvalue weighted by Gasteiger charge is 2.18. The Kier molecular flexibility index (Phi) is 9.24. The molecule has 1 aliphatic rings. The van der Waals surface area contributed by atoms with E-state index in [4.69, 9.17) is 0 Å². The van der Waals surface area contributed by atoms with Gasteiger partial charge in [0.1, 0.15) is 17.8 Å². The minimum atomic E-state index is 0.201. The molecule has 0 fully saturated rings. The molecule has 0 atom stereocenters. The molecule has 4 aromatic rings. The summed E-state index contributed by atoms with van der Waals surface area (Å²) in [5.74, 6) is 0.966. The number of hydrogen-bond donors (Lipinski definition) is 2. The second-order valence-corrected chi connectivity index (χ2v) is 10.2. The van der Waals surface area contributed by atoms with Gasteiger partial charge in [0, 0.05) is 30.9 Å². The lowest BCUT2D eigenvalue weighted by molar-refractivity contribution is -0.130. The zero-order valence-corrected chi connectivity index (χ0v) is 23.1. The molecule has 0 spiro atoms. The molecular weight excluding hydrogens is 482 g/mol. The van der Waals surface area contributed by atoms with Crippen molar-refractivity contribution in [3.8, 4) is 0 Å². The van der Waals surface area contributed by atoms with Crippen molar-refractivity contribution in [2.75, 3.05) is 38.5 Å². The number of aromatic nitrogens is 4. The SMILES string of the molecule is CCC(=O)N1CC=C(c2cc3c(Nc4ccc5ncsc5c4)ncnc3[nH]2)CC1.CCCN(C)CCC. The fourth-order valence-corrected chi connectivity index (χ4v) is 5.24. The molecule has 0 bridgehead atoms. The van der Waals surface area contributed by atoms with E-state index in [0.717, 1.165) is 51.4 Å². The van der Waals surface area contributed by atoms with Gasteiger partial charge in [0.05, 0.1) is 21.1 Å². The fourth-order valence-electron chi connectivity index (χ4n) is 4.52. The maximum atomic E-state index is 11.9. The van der Waals surface area contributed by atoms with Crippen LogP contribution in [0, 0.1) is 0 Å². The lowest BCUT2D eigenvalue weighted by atomic mass is 10.0. The number of carbonyl (C=O) groups excluding carboxylic acids is 1. The van der Waals surface area contributed by atoms with Crippen molar-refractivity contribution in [2.24, 2.45) is 0 Å². The van der Waals surface area contributed by atoms with Crippen LogP contribution >= 0.6 is 11.3 Å². The van der Waals surface area contributed by atoms with Crippen molar-refractivity contribution in [1.82, 2.24) is 29.7 Å². The van der Waals surface area contributed by atoms with Gasteiger partial charge in [0.25, 0.3) is 0 Å². The van der Waals surface area contributed by atoms with Gasteiger partial charge in [0.2, 0.25) is 5.91 Å². The van der Waals surface area contributed by atoms with Gasteiger partial charge in [-0.05, 0) is 69.2 Å². The number of hydrogen-bond acceptors (Lipinski definition) is 7. The molecule has 8 nitrogen and oxygen atoms in total. The minimum absolute atomic E-state index is 0.201. The van der Waals surface area contributed by atoms with E-state index in [-0.39, 0.29) is 5.91 Å². The van der Waals surface area contributed by atoms with Gasteiger partial charge in [-0.25, -0.2) is 15.0 Å². The topological polar surface area (TPSA) is 90.0 Å². The maximum Gasteiger partial charge on any atom is 0.222 e. The van der Waals surface area contributed by atoms with Crippen LogP contribution in [0.25, 0.3) is 26.8 Å². The Morgan fingerprint density at radius 2 is 1.95 bits per heavy atom. The quantitative estimate of drug-likeness (QED) is 0.293. The highest BCUT2D eigenvalue weighted by atomic mass is 32.1. The Hall–Kier alpha value is -3.30. The summed E-state index contributed by atoms with van der Waals surface area (Å²) < 4.78 is 1.13. The number of amides is 1. The summed E-state index contributed by atoms with van der Waals surface area (Å²) in [6.45, 7) is 10.2. The third-order valence-corrected chi connectivity index (χ3v) is 7.23. The molecule has 5 rings (SSSR count). The van der Waals surface area contributed by atoms with Gasteiger partial charge < -0.3 is 20.1 Å². The van der Waals surface area contributed by atoms with Crippen molar-refractivity contribution >= 4 is 55.6 Å².